The molecular weight excluding hydrogens is 316 g/mol. The highest BCUT2D eigenvalue weighted by Crippen LogP contribution is 2.33. The van der Waals surface area contributed by atoms with Crippen LogP contribution in [0.2, 0.25) is 0 Å². The second kappa shape index (κ2) is 6.27. The van der Waals surface area contributed by atoms with Gasteiger partial charge in [0.1, 0.15) is 17.1 Å². The number of carbonyl (C=O) groups is 3. The number of nitrogens with one attached hydrogen (secondary N) is 2. The van der Waals surface area contributed by atoms with Gasteiger partial charge < -0.3 is 10.6 Å². The summed E-state index contributed by atoms with van der Waals surface area (Å²) >= 11 is 1.51. The number of aryl methyl sites for hydroxylation is 1. The Labute approximate surface area is 138 Å². The molecule has 0 bridgehead atoms. The first-order chi connectivity index (χ1) is 11.0. The van der Waals surface area contributed by atoms with E-state index in [1.165, 1.54) is 11.3 Å². The lowest BCUT2D eigenvalue weighted by Crippen LogP contribution is -2.49. The summed E-state index contributed by atoms with van der Waals surface area (Å²) < 4.78 is 0. The summed E-state index contributed by atoms with van der Waals surface area (Å²) in [6.45, 7) is 2.02. The maximum atomic E-state index is 12.6. The number of amides is 4. The lowest BCUT2D eigenvalue weighted by atomic mass is 9.82. The van der Waals surface area contributed by atoms with Crippen molar-refractivity contribution in [2.45, 2.75) is 51.1 Å². The average Bonchev–Trinajstić information content (AvgIpc) is 3.04. The zero-order chi connectivity index (χ0) is 16.4. The molecule has 2 fully saturated rings. The molecule has 1 aliphatic carbocycles. The minimum atomic E-state index is -0.776. The fourth-order valence-electron chi connectivity index (χ4n) is 3.17. The van der Waals surface area contributed by atoms with E-state index in [1.807, 2.05) is 6.92 Å². The number of aromatic nitrogens is 1. The molecular formula is C15H20N4O3S. The van der Waals surface area contributed by atoms with Crippen molar-refractivity contribution >= 4 is 29.2 Å². The number of hydrogen-bond donors (Lipinski definition) is 2. The summed E-state index contributed by atoms with van der Waals surface area (Å²) in [7, 11) is 0. The molecule has 2 aliphatic rings. The van der Waals surface area contributed by atoms with Gasteiger partial charge in [-0.3, -0.25) is 14.5 Å². The van der Waals surface area contributed by atoms with Crippen LogP contribution in [-0.4, -0.2) is 39.8 Å². The SMILES string of the molecule is Cc1cnc(CNC(=O)CN2C(=O)NC3(CCCCC3)C2=O)s1. The van der Waals surface area contributed by atoms with Gasteiger partial charge in [-0.15, -0.1) is 11.3 Å². The maximum Gasteiger partial charge on any atom is 0.325 e. The Bertz CT molecular complexity index is 636. The van der Waals surface area contributed by atoms with Gasteiger partial charge in [0, 0.05) is 11.1 Å². The van der Waals surface area contributed by atoms with Crippen LogP contribution in [0.4, 0.5) is 4.79 Å². The Hall–Kier alpha value is -1.96. The number of imide groups is 1. The zero-order valence-electron chi connectivity index (χ0n) is 13.1. The molecule has 1 aromatic rings. The molecule has 23 heavy (non-hydrogen) atoms. The summed E-state index contributed by atoms with van der Waals surface area (Å²) in [5.41, 5.74) is -0.776. The number of thiazole rings is 1. The van der Waals surface area contributed by atoms with Crippen LogP contribution in [0.5, 0.6) is 0 Å². The summed E-state index contributed by atoms with van der Waals surface area (Å²) in [5, 5.41) is 6.31. The average molecular weight is 336 g/mol. The van der Waals surface area contributed by atoms with E-state index in [1.54, 1.807) is 6.20 Å². The predicted octanol–water partition coefficient (Wildman–Crippen LogP) is 1.32. The molecule has 1 spiro atoms. The third-order valence-corrected chi connectivity index (χ3v) is 5.27. The molecule has 0 aromatic carbocycles. The van der Waals surface area contributed by atoms with Gasteiger partial charge in [0.15, 0.2) is 0 Å². The Morgan fingerprint density at radius 3 is 2.78 bits per heavy atom. The third-order valence-electron chi connectivity index (χ3n) is 4.36. The molecule has 2 N–H and O–H groups in total. The van der Waals surface area contributed by atoms with Crippen LogP contribution in [0.15, 0.2) is 6.20 Å². The van der Waals surface area contributed by atoms with E-state index < -0.39 is 11.6 Å². The van der Waals surface area contributed by atoms with Gasteiger partial charge in [0.05, 0.1) is 6.54 Å². The number of urea groups is 1. The van der Waals surface area contributed by atoms with E-state index in [9.17, 15) is 14.4 Å². The molecule has 7 nitrogen and oxygen atoms in total. The van der Waals surface area contributed by atoms with Crippen molar-refractivity contribution in [3.63, 3.8) is 0 Å². The minimum absolute atomic E-state index is 0.239. The minimum Gasteiger partial charge on any atom is -0.348 e. The first-order valence-electron chi connectivity index (χ1n) is 7.82. The Balaban J connectivity index is 1.57. The molecule has 124 valence electrons. The maximum absolute atomic E-state index is 12.6. The second-order valence-electron chi connectivity index (χ2n) is 6.11. The van der Waals surface area contributed by atoms with E-state index in [2.05, 4.69) is 15.6 Å². The molecule has 1 saturated carbocycles. The molecule has 1 aliphatic heterocycles. The van der Waals surface area contributed by atoms with E-state index in [0.717, 1.165) is 34.0 Å². The third kappa shape index (κ3) is 3.21. The number of rotatable bonds is 4. The molecule has 0 unspecified atom stereocenters. The van der Waals surface area contributed by atoms with E-state index in [4.69, 9.17) is 0 Å². The quantitative estimate of drug-likeness (QED) is 0.811. The van der Waals surface area contributed by atoms with Gasteiger partial charge in [0.25, 0.3) is 5.91 Å². The van der Waals surface area contributed by atoms with Crippen molar-refractivity contribution in [1.82, 2.24) is 20.5 Å². The summed E-state index contributed by atoms with van der Waals surface area (Å²) in [4.78, 5) is 42.9. The highest BCUT2D eigenvalue weighted by molar-refractivity contribution is 7.11. The lowest BCUT2D eigenvalue weighted by Gasteiger charge is -2.30. The van der Waals surface area contributed by atoms with Crippen molar-refractivity contribution in [3.05, 3.63) is 16.1 Å². The fraction of sp³-hybridized carbons (Fsp3) is 0.600. The molecule has 8 heteroatoms. The van der Waals surface area contributed by atoms with E-state index >= 15 is 0 Å². The number of carbonyl (C=O) groups excluding carboxylic acids is 3. The van der Waals surface area contributed by atoms with Gasteiger partial charge in [-0.25, -0.2) is 9.78 Å². The van der Waals surface area contributed by atoms with Crippen LogP contribution in [0.1, 0.15) is 42.0 Å². The molecule has 0 atom stereocenters. The molecule has 1 saturated heterocycles. The highest BCUT2D eigenvalue weighted by Gasteiger charge is 2.51. The van der Waals surface area contributed by atoms with E-state index in [0.29, 0.717) is 19.4 Å². The topological polar surface area (TPSA) is 91.4 Å². The predicted molar refractivity (Wildman–Crippen MR) is 84.8 cm³/mol. The first-order valence-corrected chi connectivity index (χ1v) is 8.64. The van der Waals surface area contributed by atoms with Gasteiger partial charge in [0.2, 0.25) is 5.91 Å². The summed E-state index contributed by atoms with van der Waals surface area (Å²) in [6, 6.07) is -0.461. The van der Waals surface area contributed by atoms with E-state index in [-0.39, 0.29) is 18.4 Å². The molecule has 1 aromatic heterocycles. The van der Waals surface area contributed by atoms with Gasteiger partial charge >= 0.3 is 6.03 Å². The largest absolute Gasteiger partial charge is 0.348 e. The van der Waals surface area contributed by atoms with Crippen molar-refractivity contribution in [2.75, 3.05) is 6.54 Å². The Morgan fingerprint density at radius 2 is 2.13 bits per heavy atom. The number of nitrogens with zero attached hydrogens (tertiary/aromatic N) is 2. The van der Waals surface area contributed by atoms with Crippen molar-refractivity contribution in [2.24, 2.45) is 0 Å². The van der Waals surface area contributed by atoms with Crippen LogP contribution in [0.25, 0.3) is 0 Å². The zero-order valence-corrected chi connectivity index (χ0v) is 13.9. The molecule has 3 rings (SSSR count). The Morgan fingerprint density at radius 1 is 1.39 bits per heavy atom. The normalized spacial score (nSPS) is 20.0. The van der Waals surface area contributed by atoms with Crippen LogP contribution in [-0.2, 0) is 16.1 Å². The monoisotopic (exact) mass is 336 g/mol. The van der Waals surface area contributed by atoms with Crippen LogP contribution in [0, 0.1) is 6.92 Å². The molecule has 2 heterocycles. The smallest absolute Gasteiger partial charge is 0.325 e. The fourth-order valence-corrected chi connectivity index (χ4v) is 3.90. The first kappa shape index (κ1) is 15.9. The Kier molecular flexibility index (Phi) is 4.34. The van der Waals surface area contributed by atoms with Gasteiger partial charge in [-0.1, -0.05) is 19.3 Å². The molecule has 0 radical (unpaired) electrons. The highest BCUT2D eigenvalue weighted by atomic mass is 32.1. The standard InChI is InChI=1S/C15H20N4O3S/c1-10-7-17-12(23-10)8-16-11(20)9-19-13(21)15(18-14(19)22)5-3-2-4-6-15/h7H,2-6,8-9H2,1H3,(H,16,20)(H,18,22). The van der Waals surface area contributed by atoms with Crippen molar-refractivity contribution < 1.29 is 14.4 Å². The number of hydrogen-bond acceptors (Lipinski definition) is 5. The van der Waals surface area contributed by atoms with Crippen molar-refractivity contribution in [3.8, 4) is 0 Å². The van der Waals surface area contributed by atoms with Crippen LogP contribution >= 0.6 is 11.3 Å². The van der Waals surface area contributed by atoms with Crippen LogP contribution < -0.4 is 10.6 Å². The van der Waals surface area contributed by atoms with Gasteiger partial charge in [-0.05, 0) is 19.8 Å². The molecule has 4 amide bonds. The van der Waals surface area contributed by atoms with Crippen molar-refractivity contribution in [1.29, 1.82) is 0 Å². The summed E-state index contributed by atoms with van der Waals surface area (Å²) in [5.74, 6) is -0.614. The second-order valence-corrected chi connectivity index (χ2v) is 7.42. The van der Waals surface area contributed by atoms with Gasteiger partial charge in [-0.2, -0.15) is 0 Å². The lowest BCUT2D eigenvalue weighted by molar-refractivity contribution is -0.135. The van der Waals surface area contributed by atoms with Crippen LogP contribution in [0.3, 0.4) is 0 Å². The summed E-state index contributed by atoms with van der Waals surface area (Å²) in [6.07, 6.45) is 6.00.